The lowest BCUT2D eigenvalue weighted by Crippen LogP contribution is -2.49. The second-order valence-electron chi connectivity index (χ2n) is 4.67. The van der Waals surface area contributed by atoms with E-state index in [9.17, 15) is 9.59 Å². The number of fused-ring (bicyclic) bond motifs is 1. The van der Waals surface area contributed by atoms with E-state index in [1.165, 1.54) is 11.2 Å². The number of carboxylic acid groups (broad SMARTS) is 1. The average Bonchev–Trinajstić information content (AvgIpc) is 2.50. The predicted molar refractivity (Wildman–Crippen MR) is 80.0 cm³/mol. The molecule has 0 aliphatic carbocycles. The van der Waals surface area contributed by atoms with Gasteiger partial charge in [0.05, 0.1) is 17.3 Å². The van der Waals surface area contributed by atoms with Crippen LogP contribution in [-0.4, -0.2) is 33.6 Å². The normalized spacial score (nSPS) is 14.0. The molecule has 2 aromatic rings. The van der Waals surface area contributed by atoms with Gasteiger partial charge in [-0.25, -0.2) is 14.8 Å². The molecule has 0 saturated carbocycles. The van der Waals surface area contributed by atoms with Gasteiger partial charge in [0.1, 0.15) is 18.7 Å². The van der Waals surface area contributed by atoms with Gasteiger partial charge in [0.2, 0.25) is 0 Å². The number of amides is 2. The molecule has 0 saturated heterocycles. The number of benzene rings is 1. The lowest BCUT2D eigenvalue weighted by atomic mass is 10.2. The maximum atomic E-state index is 12.6. The van der Waals surface area contributed by atoms with Crippen LogP contribution < -0.4 is 9.80 Å². The first-order valence-electron chi connectivity index (χ1n) is 6.42. The van der Waals surface area contributed by atoms with Crippen molar-refractivity contribution in [2.45, 2.75) is 6.54 Å². The maximum Gasteiger partial charge on any atom is 0.331 e. The Kier molecular flexibility index (Phi) is 3.64. The zero-order valence-electron chi connectivity index (χ0n) is 11.3. The van der Waals surface area contributed by atoms with Crippen molar-refractivity contribution in [2.75, 3.05) is 16.3 Å². The fourth-order valence-corrected chi connectivity index (χ4v) is 2.56. The van der Waals surface area contributed by atoms with Crippen LogP contribution in [0.5, 0.6) is 0 Å². The van der Waals surface area contributed by atoms with Gasteiger partial charge in [-0.15, -0.1) is 0 Å². The molecular formula is C14H11ClN4O3. The molecule has 1 aliphatic rings. The summed E-state index contributed by atoms with van der Waals surface area (Å²) in [7, 11) is 0. The number of anilines is 2. The first-order chi connectivity index (χ1) is 10.6. The van der Waals surface area contributed by atoms with Crippen molar-refractivity contribution in [1.29, 1.82) is 0 Å². The van der Waals surface area contributed by atoms with E-state index in [-0.39, 0.29) is 6.54 Å². The van der Waals surface area contributed by atoms with Crippen molar-refractivity contribution in [3.63, 3.8) is 0 Å². The third-order valence-electron chi connectivity index (χ3n) is 3.25. The maximum absolute atomic E-state index is 12.6. The van der Waals surface area contributed by atoms with Crippen molar-refractivity contribution in [2.24, 2.45) is 0 Å². The third-order valence-corrected chi connectivity index (χ3v) is 3.57. The smallest absolute Gasteiger partial charge is 0.331 e. The summed E-state index contributed by atoms with van der Waals surface area (Å²) in [4.78, 5) is 34.2. The number of urea groups is 1. The number of hydrogen-bond donors (Lipinski definition) is 1. The van der Waals surface area contributed by atoms with E-state index < -0.39 is 18.5 Å². The molecule has 1 N–H and O–H groups in total. The molecule has 1 aromatic carbocycles. The number of aromatic nitrogens is 2. The first kappa shape index (κ1) is 14.3. The van der Waals surface area contributed by atoms with Crippen LogP contribution in [0.25, 0.3) is 0 Å². The molecular weight excluding hydrogens is 308 g/mol. The molecule has 0 radical (unpaired) electrons. The summed E-state index contributed by atoms with van der Waals surface area (Å²) in [6.45, 7) is -0.251. The molecule has 0 spiro atoms. The third kappa shape index (κ3) is 2.46. The number of hydrogen-bond acceptors (Lipinski definition) is 4. The van der Waals surface area contributed by atoms with Crippen LogP contribution in [0, 0.1) is 0 Å². The minimum Gasteiger partial charge on any atom is -0.480 e. The van der Waals surface area contributed by atoms with Gasteiger partial charge in [-0.05, 0) is 12.1 Å². The molecule has 3 rings (SSSR count). The zero-order chi connectivity index (χ0) is 15.7. The number of para-hydroxylation sites is 1. The van der Waals surface area contributed by atoms with Crippen LogP contribution in [-0.2, 0) is 11.3 Å². The van der Waals surface area contributed by atoms with Crippen molar-refractivity contribution < 1.29 is 14.7 Å². The minimum atomic E-state index is -1.13. The molecule has 0 unspecified atom stereocenters. The summed E-state index contributed by atoms with van der Waals surface area (Å²) < 4.78 is 0. The van der Waals surface area contributed by atoms with Crippen LogP contribution >= 0.6 is 11.6 Å². The molecule has 2 heterocycles. The number of carbonyl (C=O) groups is 2. The van der Waals surface area contributed by atoms with Gasteiger partial charge in [-0.3, -0.25) is 14.6 Å². The Bertz CT molecular complexity index is 752. The molecule has 8 heteroatoms. The summed E-state index contributed by atoms with van der Waals surface area (Å²) in [5.41, 5.74) is 1.17. The Morgan fingerprint density at radius 2 is 2.14 bits per heavy atom. The van der Waals surface area contributed by atoms with Crippen LogP contribution in [0.4, 0.5) is 16.3 Å². The van der Waals surface area contributed by atoms with Crippen LogP contribution in [0.1, 0.15) is 5.56 Å². The topological polar surface area (TPSA) is 86.6 Å². The van der Waals surface area contributed by atoms with E-state index in [2.05, 4.69) is 9.97 Å². The molecule has 0 fully saturated rings. The van der Waals surface area contributed by atoms with E-state index in [0.717, 1.165) is 4.90 Å². The lowest BCUT2D eigenvalue weighted by Gasteiger charge is -2.35. The molecule has 0 bridgehead atoms. The van der Waals surface area contributed by atoms with Crippen LogP contribution in [0.2, 0.25) is 5.02 Å². The fourth-order valence-electron chi connectivity index (χ4n) is 2.32. The van der Waals surface area contributed by atoms with E-state index in [4.69, 9.17) is 16.7 Å². The van der Waals surface area contributed by atoms with E-state index in [0.29, 0.717) is 22.1 Å². The second-order valence-corrected chi connectivity index (χ2v) is 5.08. The Morgan fingerprint density at radius 3 is 2.86 bits per heavy atom. The molecule has 22 heavy (non-hydrogen) atoms. The molecule has 0 atom stereocenters. The van der Waals surface area contributed by atoms with Crippen molar-refractivity contribution in [1.82, 2.24) is 9.97 Å². The molecule has 1 aliphatic heterocycles. The van der Waals surface area contributed by atoms with Gasteiger partial charge < -0.3 is 5.11 Å². The van der Waals surface area contributed by atoms with Crippen LogP contribution in [0.3, 0.4) is 0 Å². The molecule has 1 aromatic heterocycles. The number of carbonyl (C=O) groups excluding carboxylic acids is 1. The number of carboxylic acids is 1. The highest BCUT2D eigenvalue weighted by Gasteiger charge is 2.34. The number of rotatable bonds is 3. The molecule has 112 valence electrons. The van der Waals surface area contributed by atoms with Crippen molar-refractivity contribution in [3.8, 4) is 0 Å². The second kappa shape index (κ2) is 5.61. The van der Waals surface area contributed by atoms with Gasteiger partial charge in [0.25, 0.3) is 0 Å². The summed E-state index contributed by atoms with van der Waals surface area (Å²) in [5.74, 6) is -0.815. The van der Waals surface area contributed by atoms with Gasteiger partial charge >= 0.3 is 12.0 Å². The number of aliphatic carboxylic acids is 1. The Labute approximate surface area is 130 Å². The van der Waals surface area contributed by atoms with Gasteiger partial charge in [-0.1, -0.05) is 23.7 Å². The van der Waals surface area contributed by atoms with Gasteiger partial charge in [-0.2, -0.15) is 0 Å². The van der Waals surface area contributed by atoms with E-state index >= 15 is 0 Å². The lowest BCUT2D eigenvalue weighted by molar-refractivity contribution is -0.135. The molecule has 7 nitrogen and oxygen atoms in total. The Morgan fingerprint density at radius 1 is 1.36 bits per heavy atom. The van der Waals surface area contributed by atoms with Crippen molar-refractivity contribution >= 4 is 35.1 Å². The standard InChI is InChI=1S/C14H11ClN4O3/c15-10-3-1-2-4-11(10)18-6-9-5-16-8-17-13(9)19(14(18)22)7-12(20)21/h1-5,8H,6-7H2,(H,20,21). The Balaban J connectivity index is 2.07. The highest BCUT2D eigenvalue weighted by molar-refractivity contribution is 6.34. The summed E-state index contributed by atoms with van der Waals surface area (Å²) in [6, 6.07) is 6.40. The predicted octanol–water partition coefficient (Wildman–Crippen LogP) is 2.16. The van der Waals surface area contributed by atoms with Gasteiger partial charge in [0.15, 0.2) is 0 Å². The van der Waals surface area contributed by atoms with E-state index in [1.54, 1.807) is 30.5 Å². The quantitative estimate of drug-likeness (QED) is 0.937. The van der Waals surface area contributed by atoms with Gasteiger partial charge in [0, 0.05) is 11.8 Å². The average molecular weight is 319 g/mol. The summed E-state index contributed by atoms with van der Waals surface area (Å²) in [6.07, 6.45) is 2.85. The summed E-state index contributed by atoms with van der Waals surface area (Å²) in [5, 5.41) is 9.45. The first-order valence-corrected chi connectivity index (χ1v) is 6.80. The highest BCUT2D eigenvalue weighted by Crippen LogP contribution is 2.33. The largest absolute Gasteiger partial charge is 0.480 e. The monoisotopic (exact) mass is 318 g/mol. The number of halogens is 1. The Hall–Kier alpha value is -2.67. The fraction of sp³-hybridized carbons (Fsp3) is 0.143. The SMILES string of the molecule is O=C(O)CN1C(=O)N(c2ccccc2Cl)Cc2cncnc21. The van der Waals surface area contributed by atoms with E-state index in [1.807, 2.05) is 0 Å². The summed E-state index contributed by atoms with van der Waals surface area (Å²) >= 11 is 6.14. The molecule has 2 amide bonds. The minimum absolute atomic E-state index is 0.231. The number of nitrogens with zero attached hydrogens (tertiary/aromatic N) is 4. The van der Waals surface area contributed by atoms with Crippen LogP contribution in [0.15, 0.2) is 36.8 Å². The van der Waals surface area contributed by atoms with Crippen molar-refractivity contribution in [3.05, 3.63) is 47.4 Å². The highest BCUT2D eigenvalue weighted by atomic mass is 35.5. The zero-order valence-corrected chi connectivity index (χ0v) is 12.1.